The molecule has 4 aromatic rings. The van der Waals surface area contributed by atoms with E-state index in [1.807, 2.05) is 12.1 Å². The van der Waals surface area contributed by atoms with Crippen molar-refractivity contribution < 1.29 is 13.5 Å². The first-order chi connectivity index (χ1) is 15.6. The number of rotatable bonds is 8. The van der Waals surface area contributed by atoms with Crippen LogP contribution >= 0.6 is 12.4 Å². The minimum atomic E-state index is -0.569. The summed E-state index contributed by atoms with van der Waals surface area (Å²) in [7, 11) is 1.59. The zero-order chi connectivity index (χ0) is 22.3. The summed E-state index contributed by atoms with van der Waals surface area (Å²) in [5.41, 5.74) is 2.03. The van der Waals surface area contributed by atoms with Crippen LogP contribution < -0.4 is 20.7 Å². The van der Waals surface area contributed by atoms with Crippen LogP contribution in [0.15, 0.2) is 66.9 Å². The number of ether oxygens (including phenoxy) is 1. The van der Waals surface area contributed by atoms with E-state index in [0.29, 0.717) is 11.3 Å². The lowest BCUT2D eigenvalue weighted by Gasteiger charge is -2.12. The third-order valence-corrected chi connectivity index (χ3v) is 4.32. The van der Waals surface area contributed by atoms with Gasteiger partial charge in [0.1, 0.15) is 11.6 Å². The molecule has 0 atom stereocenters. The molecule has 0 aliphatic heterocycles. The number of aromatic nitrogens is 4. The number of nitrogens with zero attached hydrogens (tertiary/aromatic N) is 4. The maximum atomic E-state index is 13.4. The first-order valence-electron chi connectivity index (χ1n) is 9.61. The number of halogens is 3. The Morgan fingerprint density at radius 1 is 0.788 bits per heavy atom. The monoisotopic (exact) mass is 471 g/mol. The van der Waals surface area contributed by atoms with E-state index in [1.54, 1.807) is 37.4 Å². The molecule has 2 aromatic carbocycles. The first kappa shape index (κ1) is 23.6. The van der Waals surface area contributed by atoms with Crippen LogP contribution in [-0.2, 0) is 6.54 Å². The summed E-state index contributed by atoms with van der Waals surface area (Å²) in [6.07, 6.45) is 1.39. The quantitative estimate of drug-likeness (QED) is 0.306. The second-order valence-corrected chi connectivity index (χ2v) is 6.63. The summed E-state index contributed by atoms with van der Waals surface area (Å²) in [4.78, 5) is 16.7. The smallest absolute Gasteiger partial charge is 0.233 e. The molecule has 2 heterocycles. The second-order valence-electron chi connectivity index (χ2n) is 6.63. The fraction of sp³-hybridized carbons (Fsp3) is 0.0909. The molecule has 0 saturated carbocycles. The molecule has 33 heavy (non-hydrogen) atoms. The van der Waals surface area contributed by atoms with E-state index in [4.69, 9.17) is 4.74 Å². The number of benzene rings is 2. The van der Waals surface area contributed by atoms with E-state index in [-0.39, 0.29) is 42.6 Å². The molecule has 4 rings (SSSR count). The number of hydrogen-bond acceptors (Lipinski definition) is 8. The molecule has 0 bridgehead atoms. The number of pyridine rings is 1. The molecule has 3 N–H and O–H groups in total. The minimum absolute atomic E-state index is 0. The lowest BCUT2D eigenvalue weighted by Crippen LogP contribution is -2.10. The topological polar surface area (TPSA) is 96.9 Å². The van der Waals surface area contributed by atoms with E-state index in [0.717, 1.165) is 11.4 Å². The highest BCUT2D eigenvalue weighted by Crippen LogP contribution is 2.21. The van der Waals surface area contributed by atoms with Crippen LogP contribution in [-0.4, -0.2) is 27.0 Å². The van der Waals surface area contributed by atoms with E-state index >= 15 is 0 Å². The Labute approximate surface area is 194 Å². The first-order valence-corrected chi connectivity index (χ1v) is 9.61. The van der Waals surface area contributed by atoms with E-state index < -0.39 is 5.95 Å². The van der Waals surface area contributed by atoms with Gasteiger partial charge in [0, 0.05) is 24.1 Å². The van der Waals surface area contributed by atoms with Crippen LogP contribution in [0.1, 0.15) is 5.56 Å². The maximum Gasteiger partial charge on any atom is 0.233 e. The van der Waals surface area contributed by atoms with Crippen molar-refractivity contribution in [1.29, 1.82) is 0 Å². The summed E-state index contributed by atoms with van der Waals surface area (Å²) in [6.45, 7) is 0.279. The summed E-state index contributed by atoms with van der Waals surface area (Å²) in [5, 5.41) is 9.19. The SMILES string of the molecule is COc1ccc(Nc2nc(NCc3ccnc(F)c3)nc(Nc3ccc(F)cc3)n2)cc1.Cl. The summed E-state index contributed by atoms with van der Waals surface area (Å²) < 4.78 is 31.7. The maximum absolute atomic E-state index is 13.4. The highest BCUT2D eigenvalue weighted by atomic mass is 35.5. The van der Waals surface area contributed by atoms with Gasteiger partial charge >= 0.3 is 0 Å². The van der Waals surface area contributed by atoms with Crippen LogP contribution in [0, 0.1) is 11.8 Å². The molecule has 0 amide bonds. The zero-order valence-corrected chi connectivity index (χ0v) is 18.2. The second kappa shape index (κ2) is 11.0. The Bertz CT molecular complexity index is 1190. The Balaban J connectivity index is 0.00000306. The van der Waals surface area contributed by atoms with Crippen molar-refractivity contribution >= 4 is 41.6 Å². The molecule has 0 aliphatic carbocycles. The fourth-order valence-corrected chi connectivity index (χ4v) is 2.77. The van der Waals surface area contributed by atoms with Crippen LogP contribution in [0.2, 0.25) is 0 Å². The van der Waals surface area contributed by atoms with Crippen molar-refractivity contribution in [2.24, 2.45) is 0 Å². The van der Waals surface area contributed by atoms with Gasteiger partial charge in [-0.2, -0.15) is 19.3 Å². The van der Waals surface area contributed by atoms with Crippen molar-refractivity contribution in [2.45, 2.75) is 6.54 Å². The Morgan fingerprint density at radius 2 is 1.36 bits per heavy atom. The van der Waals surface area contributed by atoms with Crippen molar-refractivity contribution in [1.82, 2.24) is 19.9 Å². The van der Waals surface area contributed by atoms with E-state index in [9.17, 15) is 8.78 Å². The van der Waals surface area contributed by atoms with Crippen molar-refractivity contribution in [3.63, 3.8) is 0 Å². The molecule has 0 saturated heterocycles. The molecule has 2 aromatic heterocycles. The predicted octanol–water partition coefficient (Wildman–Crippen LogP) is 5.07. The number of nitrogens with one attached hydrogen (secondary N) is 3. The highest BCUT2D eigenvalue weighted by Gasteiger charge is 2.09. The molecule has 0 fully saturated rings. The average molecular weight is 472 g/mol. The third kappa shape index (κ3) is 6.71. The van der Waals surface area contributed by atoms with Crippen molar-refractivity contribution in [3.05, 3.63) is 84.2 Å². The number of hydrogen-bond donors (Lipinski definition) is 3. The Kier molecular flexibility index (Phi) is 7.87. The van der Waals surface area contributed by atoms with Gasteiger partial charge in [-0.3, -0.25) is 0 Å². The molecular weight excluding hydrogens is 452 g/mol. The molecule has 8 nitrogen and oxygen atoms in total. The highest BCUT2D eigenvalue weighted by molar-refractivity contribution is 5.85. The molecule has 0 radical (unpaired) electrons. The lowest BCUT2D eigenvalue weighted by atomic mass is 10.3. The van der Waals surface area contributed by atoms with Crippen LogP contribution in [0.25, 0.3) is 0 Å². The van der Waals surface area contributed by atoms with E-state index in [1.165, 1.54) is 24.4 Å². The average Bonchev–Trinajstić information content (AvgIpc) is 2.80. The van der Waals surface area contributed by atoms with Gasteiger partial charge in [-0.05, 0) is 66.2 Å². The molecule has 11 heteroatoms. The number of anilines is 5. The van der Waals surface area contributed by atoms with Crippen LogP contribution in [0.5, 0.6) is 5.75 Å². The van der Waals surface area contributed by atoms with Gasteiger partial charge in [0.05, 0.1) is 7.11 Å². The number of methoxy groups -OCH3 is 1. The summed E-state index contributed by atoms with van der Waals surface area (Å²) in [5.74, 6) is 0.583. The van der Waals surface area contributed by atoms with Gasteiger partial charge in [0.2, 0.25) is 23.8 Å². The Morgan fingerprint density at radius 3 is 1.94 bits per heavy atom. The summed E-state index contributed by atoms with van der Waals surface area (Å²) in [6, 6.07) is 16.1. The normalized spacial score (nSPS) is 10.2. The van der Waals surface area contributed by atoms with Gasteiger partial charge in [-0.1, -0.05) is 0 Å². The van der Waals surface area contributed by atoms with Crippen LogP contribution in [0.4, 0.5) is 38.0 Å². The fourth-order valence-electron chi connectivity index (χ4n) is 2.77. The molecular formula is C22H20ClF2N7O. The standard InChI is InChI=1S/C22H19F2N7O.ClH/c1-32-18-8-6-17(7-9-18)28-22-30-20(26-13-14-10-11-25-19(24)12-14)29-21(31-22)27-16-4-2-15(23)3-5-16;/h2-12H,13H2,1H3,(H3,26,27,28,29,30,31);1H. The minimum Gasteiger partial charge on any atom is -0.497 e. The largest absolute Gasteiger partial charge is 0.497 e. The van der Waals surface area contributed by atoms with Gasteiger partial charge < -0.3 is 20.7 Å². The van der Waals surface area contributed by atoms with Gasteiger partial charge in [0.15, 0.2) is 0 Å². The van der Waals surface area contributed by atoms with Gasteiger partial charge in [-0.15, -0.1) is 12.4 Å². The van der Waals surface area contributed by atoms with Crippen LogP contribution in [0.3, 0.4) is 0 Å². The molecule has 0 unspecified atom stereocenters. The molecule has 0 aliphatic rings. The predicted molar refractivity (Wildman–Crippen MR) is 125 cm³/mol. The van der Waals surface area contributed by atoms with Gasteiger partial charge in [0.25, 0.3) is 0 Å². The Hall–Kier alpha value is -4.05. The van der Waals surface area contributed by atoms with E-state index in [2.05, 4.69) is 35.9 Å². The van der Waals surface area contributed by atoms with Crippen molar-refractivity contribution in [3.8, 4) is 5.75 Å². The summed E-state index contributed by atoms with van der Waals surface area (Å²) >= 11 is 0. The molecule has 170 valence electrons. The lowest BCUT2D eigenvalue weighted by molar-refractivity contribution is 0.415. The zero-order valence-electron chi connectivity index (χ0n) is 17.4. The van der Waals surface area contributed by atoms with Crippen molar-refractivity contribution in [2.75, 3.05) is 23.1 Å². The van der Waals surface area contributed by atoms with Gasteiger partial charge in [-0.25, -0.2) is 9.37 Å². The third-order valence-electron chi connectivity index (χ3n) is 4.32. The molecule has 0 spiro atoms.